The van der Waals surface area contributed by atoms with Crippen molar-refractivity contribution in [2.45, 2.75) is 52.0 Å². The van der Waals surface area contributed by atoms with E-state index in [-0.39, 0.29) is 0 Å². The van der Waals surface area contributed by atoms with E-state index in [1.807, 2.05) is 97.1 Å². The fraction of sp³-hybridized carbons (Fsp3) is 0.190. The van der Waals surface area contributed by atoms with Crippen LogP contribution in [0.1, 0.15) is 47.5 Å². The molecule has 6 aromatic rings. The van der Waals surface area contributed by atoms with Gasteiger partial charge in [-0.1, -0.05) is 97.1 Å². The molecule has 2 atom stereocenters. The first-order valence-corrected chi connectivity index (χ1v) is 18.8. The van der Waals surface area contributed by atoms with Gasteiger partial charge in [-0.3, -0.25) is 0 Å². The Labute approximate surface area is 296 Å². The van der Waals surface area contributed by atoms with Gasteiger partial charge < -0.3 is 14.2 Å². The third-order valence-electron chi connectivity index (χ3n) is 9.13. The molecule has 0 N–H and O–H groups in total. The Bertz CT molecular complexity index is 1920. The van der Waals surface area contributed by atoms with Gasteiger partial charge in [-0.25, -0.2) is 9.97 Å². The third kappa shape index (κ3) is 7.15. The molecule has 0 amide bonds. The zero-order valence-corrected chi connectivity index (χ0v) is 33.7. The monoisotopic (exact) mass is 680 g/mol. The minimum absolute atomic E-state index is 0.576. The van der Waals surface area contributed by atoms with Crippen molar-refractivity contribution < 1.29 is 14.2 Å². The van der Waals surface area contributed by atoms with Gasteiger partial charge in [0.15, 0.2) is 0 Å². The second-order valence-corrected chi connectivity index (χ2v) is 17.3. The summed E-state index contributed by atoms with van der Waals surface area (Å²) in [5.74, 6) is 2.63. The molecule has 248 valence electrons. The minimum Gasteiger partial charge on any atom is -0.438 e. The van der Waals surface area contributed by atoms with Gasteiger partial charge in [0.2, 0.25) is 11.8 Å². The topological polar surface area (TPSA) is 53.5 Å². The maximum Gasteiger partial charge on any atom is 0.227 e. The van der Waals surface area contributed by atoms with Crippen LogP contribution in [0.3, 0.4) is 0 Å². The molecule has 2 heterocycles. The summed E-state index contributed by atoms with van der Waals surface area (Å²) in [7, 11) is 1.36. The molecule has 49 heavy (non-hydrogen) atoms. The first-order chi connectivity index (χ1) is 23.5. The predicted octanol–water partition coefficient (Wildman–Crippen LogP) is 8.42. The largest absolute Gasteiger partial charge is 0.438 e. The number of benzene rings is 4. The van der Waals surface area contributed by atoms with Crippen molar-refractivity contribution in [3.8, 4) is 45.5 Å². The number of rotatable bonds is 10. The summed E-state index contributed by atoms with van der Waals surface area (Å²) in [5.41, 5.74) is 10.3. The summed E-state index contributed by atoms with van der Waals surface area (Å²) in [6.45, 7) is 12.9. The minimum atomic E-state index is -0.657. The second-order valence-electron chi connectivity index (χ2n) is 13.5. The summed E-state index contributed by atoms with van der Waals surface area (Å²) < 4.78 is 20.3. The van der Waals surface area contributed by atoms with Gasteiger partial charge in [0.1, 0.15) is 11.5 Å². The van der Waals surface area contributed by atoms with E-state index in [1.165, 1.54) is 0 Å². The molecule has 0 radical (unpaired) electrons. The van der Waals surface area contributed by atoms with Crippen LogP contribution in [0.15, 0.2) is 121 Å². The molecule has 0 aliphatic rings. The second kappa shape index (κ2) is 14.0. The van der Waals surface area contributed by atoms with Crippen LogP contribution in [-0.4, -0.2) is 30.5 Å². The molecule has 0 spiro atoms. The molecule has 5 nitrogen and oxygen atoms in total. The summed E-state index contributed by atoms with van der Waals surface area (Å²) in [6, 6.07) is 40.4. The molecule has 0 bridgehead atoms. The standard InChI is InChI=1S/C42H44N2O3Si2/c1-27-29(3)37(43-39(45-33-23-15-9-16-24-33)35(27)31-19-11-7-12-20-31)41(5,48)47-42(6,49)38-30(4)28(2)36(32-21-13-8-14-22-32)40(44-38)46-34-25-17-10-18-26-34/h7-26H,1-6,48-49H3. The summed E-state index contributed by atoms with van der Waals surface area (Å²) in [6.07, 6.45) is 0. The van der Waals surface area contributed by atoms with Gasteiger partial charge >= 0.3 is 0 Å². The highest BCUT2D eigenvalue weighted by Gasteiger charge is 2.38. The number of hydrogen-bond donors (Lipinski definition) is 0. The zero-order chi connectivity index (χ0) is 34.8. The first-order valence-electron chi connectivity index (χ1n) is 16.8. The van der Waals surface area contributed by atoms with Crippen molar-refractivity contribution >= 4 is 20.5 Å². The van der Waals surface area contributed by atoms with E-state index < -0.39 is 10.4 Å². The molecule has 7 heteroatoms. The van der Waals surface area contributed by atoms with E-state index >= 15 is 0 Å². The van der Waals surface area contributed by atoms with Gasteiger partial charge in [0.25, 0.3) is 0 Å². The molecule has 0 saturated heterocycles. The number of pyridine rings is 2. The van der Waals surface area contributed by atoms with Crippen molar-refractivity contribution in [3.05, 3.63) is 155 Å². The van der Waals surface area contributed by atoms with Gasteiger partial charge in [-0.05, 0) is 99.2 Å². The Kier molecular flexibility index (Phi) is 9.70. The molecule has 0 aliphatic carbocycles. The Morgan fingerprint density at radius 2 is 0.755 bits per heavy atom. The van der Waals surface area contributed by atoms with Gasteiger partial charge in [0.05, 0.1) is 42.3 Å². The molecular weight excluding hydrogens is 637 g/mol. The molecule has 0 aliphatic heterocycles. The highest BCUT2D eigenvalue weighted by molar-refractivity contribution is 6.17. The normalized spacial score (nSPS) is 13.8. The van der Waals surface area contributed by atoms with Crippen LogP contribution in [0.4, 0.5) is 0 Å². The molecule has 4 aromatic carbocycles. The number of aromatic nitrogens is 2. The van der Waals surface area contributed by atoms with Crippen LogP contribution in [0.25, 0.3) is 22.3 Å². The zero-order valence-electron chi connectivity index (χ0n) is 29.7. The van der Waals surface area contributed by atoms with Crippen LogP contribution < -0.4 is 9.47 Å². The van der Waals surface area contributed by atoms with E-state index in [1.54, 1.807) is 0 Å². The van der Waals surface area contributed by atoms with E-state index in [4.69, 9.17) is 24.2 Å². The highest BCUT2D eigenvalue weighted by Crippen LogP contribution is 2.44. The van der Waals surface area contributed by atoms with E-state index in [2.05, 4.69) is 65.8 Å². The lowest BCUT2D eigenvalue weighted by atomic mass is 9.95. The molecule has 2 unspecified atom stereocenters. The highest BCUT2D eigenvalue weighted by atomic mass is 28.2. The Morgan fingerprint density at radius 1 is 0.449 bits per heavy atom. The maximum atomic E-state index is 7.26. The predicted molar refractivity (Wildman–Crippen MR) is 207 cm³/mol. The summed E-state index contributed by atoms with van der Waals surface area (Å²) in [4.78, 5) is 10.6. The summed E-state index contributed by atoms with van der Waals surface area (Å²) >= 11 is 0. The van der Waals surface area contributed by atoms with Crippen molar-refractivity contribution in [2.75, 3.05) is 0 Å². The van der Waals surface area contributed by atoms with Crippen LogP contribution in [0, 0.1) is 27.7 Å². The van der Waals surface area contributed by atoms with E-state index in [9.17, 15) is 0 Å². The lowest BCUT2D eigenvalue weighted by Gasteiger charge is -2.38. The lowest BCUT2D eigenvalue weighted by molar-refractivity contribution is -0.0607. The average Bonchev–Trinajstić information content (AvgIpc) is 3.09. The fourth-order valence-corrected chi connectivity index (χ4v) is 9.08. The van der Waals surface area contributed by atoms with Crippen LogP contribution in [0.5, 0.6) is 23.3 Å². The van der Waals surface area contributed by atoms with Crippen molar-refractivity contribution in [3.63, 3.8) is 0 Å². The lowest BCUT2D eigenvalue weighted by Crippen LogP contribution is -2.40. The smallest absolute Gasteiger partial charge is 0.227 e. The average molecular weight is 681 g/mol. The Morgan fingerprint density at radius 3 is 1.08 bits per heavy atom. The number of nitrogens with zero attached hydrogens (tertiary/aromatic N) is 2. The molecule has 0 fully saturated rings. The summed E-state index contributed by atoms with van der Waals surface area (Å²) in [5, 5.41) is -1.31. The quantitative estimate of drug-likeness (QED) is 0.136. The molecule has 0 saturated carbocycles. The van der Waals surface area contributed by atoms with Crippen LogP contribution in [0.2, 0.25) is 0 Å². The number of ether oxygens (including phenoxy) is 3. The van der Waals surface area contributed by atoms with Gasteiger partial charge in [0, 0.05) is 11.1 Å². The van der Waals surface area contributed by atoms with Crippen molar-refractivity contribution in [1.82, 2.24) is 9.97 Å². The van der Waals surface area contributed by atoms with Crippen LogP contribution >= 0.6 is 0 Å². The number of para-hydroxylation sites is 2. The number of hydrogen-bond acceptors (Lipinski definition) is 5. The molecular formula is C42H44N2O3Si2. The third-order valence-corrected chi connectivity index (χ3v) is 10.5. The van der Waals surface area contributed by atoms with Crippen molar-refractivity contribution in [2.24, 2.45) is 0 Å². The van der Waals surface area contributed by atoms with E-state index in [0.717, 1.165) is 67.4 Å². The fourth-order valence-electron chi connectivity index (χ4n) is 6.68. The SMILES string of the molecule is Cc1c(C(C)([SiH3])OC(C)([SiH3])c2nc(Oc3ccccc3)c(-c3ccccc3)c(C)c2C)nc(Oc2ccccc2)c(-c2ccccc2)c1C. The van der Waals surface area contributed by atoms with Gasteiger partial charge in [-0.2, -0.15) is 0 Å². The van der Waals surface area contributed by atoms with Gasteiger partial charge in [-0.15, -0.1) is 0 Å². The maximum absolute atomic E-state index is 7.26. The Balaban J connectivity index is 1.45. The molecule has 6 rings (SSSR count). The first kappa shape index (κ1) is 34.1. The van der Waals surface area contributed by atoms with Crippen LogP contribution in [-0.2, 0) is 15.2 Å². The Hall–Kier alpha value is -4.83. The van der Waals surface area contributed by atoms with E-state index in [0.29, 0.717) is 32.2 Å². The van der Waals surface area contributed by atoms with Crippen molar-refractivity contribution in [1.29, 1.82) is 0 Å². The molecule has 2 aromatic heterocycles.